The first-order chi connectivity index (χ1) is 11.8. The fourth-order valence-corrected chi connectivity index (χ4v) is 4.12. The van der Waals surface area contributed by atoms with Gasteiger partial charge in [0.05, 0.1) is 5.39 Å². The number of hydrogen-bond donors (Lipinski definition) is 1. The molecule has 0 radical (unpaired) electrons. The van der Waals surface area contributed by atoms with Gasteiger partial charge in [-0.15, -0.1) is 11.3 Å². The lowest BCUT2D eigenvalue weighted by Gasteiger charge is -2.35. The Bertz CT molecular complexity index is 815. The van der Waals surface area contributed by atoms with E-state index in [4.69, 9.17) is 4.98 Å². The van der Waals surface area contributed by atoms with Crippen LogP contribution in [0.25, 0.3) is 10.2 Å². The Balaban J connectivity index is 1.59. The van der Waals surface area contributed by atoms with Crippen molar-refractivity contribution in [2.75, 3.05) is 23.3 Å². The van der Waals surface area contributed by atoms with Gasteiger partial charge in [0.25, 0.3) is 0 Å². The molecule has 1 aliphatic heterocycles. The predicted molar refractivity (Wildman–Crippen MR) is 102 cm³/mol. The maximum atomic E-state index is 4.85. The maximum absolute atomic E-state index is 4.85. The molecule has 1 atom stereocenters. The van der Waals surface area contributed by atoms with Crippen LogP contribution in [0, 0.1) is 0 Å². The van der Waals surface area contributed by atoms with Crippen LogP contribution in [0.5, 0.6) is 0 Å². The van der Waals surface area contributed by atoms with E-state index in [1.165, 1.54) is 23.9 Å². The van der Waals surface area contributed by atoms with Gasteiger partial charge in [-0.1, -0.05) is 25.1 Å². The summed E-state index contributed by atoms with van der Waals surface area (Å²) in [6.07, 6.45) is 3.26. The van der Waals surface area contributed by atoms with E-state index >= 15 is 0 Å². The maximum Gasteiger partial charge on any atom is 0.141 e. The van der Waals surface area contributed by atoms with Crippen LogP contribution in [-0.2, 0) is 6.42 Å². The summed E-state index contributed by atoms with van der Waals surface area (Å²) >= 11 is 1.71. The number of para-hydroxylation sites is 1. The van der Waals surface area contributed by atoms with Gasteiger partial charge >= 0.3 is 0 Å². The Kier molecular flexibility index (Phi) is 4.34. The number of fused-ring (bicyclic) bond motifs is 1. The van der Waals surface area contributed by atoms with Crippen LogP contribution in [0.4, 0.5) is 11.5 Å². The number of nitrogens with zero attached hydrogens (tertiary/aromatic N) is 3. The molecular weight excluding hydrogens is 316 g/mol. The van der Waals surface area contributed by atoms with Crippen molar-refractivity contribution < 1.29 is 0 Å². The smallest absolute Gasteiger partial charge is 0.141 e. The van der Waals surface area contributed by atoms with Crippen LogP contribution in [-0.4, -0.2) is 29.1 Å². The predicted octanol–water partition coefficient (Wildman–Crippen LogP) is 4.33. The summed E-state index contributed by atoms with van der Waals surface area (Å²) in [7, 11) is 0. The third kappa shape index (κ3) is 3.08. The minimum Gasteiger partial charge on any atom is -0.381 e. The first kappa shape index (κ1) is 15.4. The number of aryl methyl sites for hydroxylation is 1. The topological polar surface area (TPSA) is 41.1 Å². The van der Waals surface area contributed by atoms with Crippen molar-refractivity contribution >= 4 is 33.1 Å². The molecule has 5 heteroatoms. The SMILES string of the molecule is CCc1nc(N2CCCC(Nc3ccccc3)C2)c2ccsc2n1. The molecule has 0 bridgehead atoms. The fourth-order valence-electron chi connectivity index (χ4n) is 3.34. The number of aromatic nitrogens is 2. The second kappa shape index (κ2) is 6.77. The molecule has 1 aliphatic rings. The Morgan fingerprint density at radius 3 is 2.92 bits per heavy atom. The largest absolute Gasteiger partial charge is 0.381 e. The van der Waals surface area contributed by atoms with Gasteiger partial charge in [-0.25, -0.2) is 9.97 Å². The van der Waals surface area contributed by atoms with Crippen LogP contribution < -0.4 is 10.2 Å². The molecule has 3 aromatic rings. The average molecular weight is 338 g/mol. The number of thiophene rings is 1. The van der Waals surface area contributed by atoms with Gasteiger partial charge in [0.1, 0.15) is 16.5 Å². The molecule has 0 saturated carbocycles. The van der Waals surface area contributed by atoms with Crippen LogP contribution >= 0.6 is 11.3 Å². The summed E-state index contributed by atoms with van der Waals surface area (Å²) in [5.74, 6) is 2.05. The Hall–Kier alpha value is -2.14. The van der Waals surface area contributed by atoms with Gasteiger partial charge in [0, 0.05) is 31.2 Å². The molecule has 1 N–H and O–H groups in total. The number of rotatable bonds is 4. The molecule has 1 aromatic carbocycles. The van der Waals surface area contributed by atoms with Crippen molar-refractivity contribution in [1.82, 2.24) is 9.97 Å². The molecule has 3 heterocycles. The molecule has 1 fully saturated rings. The van der Waals surface area contributed by atoms with Gasteiger partial charge in [0.15, 0.2) is 0 Å². The first-order valence-corrected chi connectivity index (χ1v) is 9.52. The van der Waals surface area contributed by atoms with Crippen LogP contribution in [0.15, 0.2) is 41.8 Å². The normalized spacial score (nSPS) is 18.0. The molecule has 124 valence electrons. The number of nitrogens with one attached hydrogen (secondary N) is 1. The number of hydrogen-bond acceptors (Lipinski definition) is 5. The zero-order chi connectivity index (χ0) is 16.4. The molecule has 0 amide bonds. The van der Waals surface area contributed by atoms with Gasteiger partial charge in [0.2, 0.25) is 0 Å². The van der Waals surface area contributed by atoms with E-state index in [1.54, 1.807) is 11.3 Å². The lowest BCUT2D eigenvalue weighted by Crippen LogP contribution is -2.42. The van der Waals surface area contributed by atoms with Crippen LogP contribution in [0.1, 0.15) is 25.6 Å². The number of benzene rings is 1. The molecule has 4 nitrogen and oxygen atoms in total. The molecule has 4 rings (SSSR count). The van der Waals surface area contributed by atoms with Gasteiger partial charge in [-0.3, -0.25) is 0 Å². The lowest BCUT2D eigenvalue weighted by atomic mass is 10.0. The second-order valence-corrected chi connectivity index (χ2v) is 7.15. The minimum absolute atomic E-state index is 0.454. The summed E-state index contributed by atoms with van der Waals surface area (Å²) in [4.78, 5) is 13.0. The monoisotopic (exact) mass is 338 g/mol. The number of anilines is 2. The molecule has 0 aliphatic carbocycles. The third-order valence-electron chi connectivity index (χ3n) is 4.53. The van der Waals surface area contributed by atoms with Crippen molar-refractivity contribution in [2.24, 2.45) is 0 Å². The van der Waals surface area contributed by atoms with Crippen molar-refractivity contribution in [3.8, 4) is 0 Å². The lowest BCUT2D eigenvalue weighted by molar-refractivity contribution is 0.527. The molecule has 24 heavy (non-hydrogen) atoms. The van der Waals surface area contributed by atoms with Gasteiger partial charge in [-0.2, -0.15) is 0 Å². The van der Waals surface area contributed by atoms with Crippen molar-refractivity contribution in [1.29, 1.82) is 0 Å². The van der Waals surface area contributed by atoms with E-state index in [-0.39, 0.29) is 0 Å². The Labute approximate surface area is 146 Å². The summed E-state index contributed by atoms with van der Waals surface area (Å²) < 4.78 is 0. The van der Waals surface area contributed by atoms with E-state index in [1.807, 2.05) is 0 Å². The van der Waals surface area contributed by atoms with Crippen LogP contribution in [0.3, 0.4) is 0 Å². The molecular formula is C19H22N4S. The quantitative estimate of drug-likeness (QED) is 0.768. The molecule has 2 aromatic heterocycles. The molecule has 0 spiro atoms. The van der Waals surface area contributed by atoms with Gasteiger partial charge in [-0.05, 0) is 36.4 Å². The standard InChI is InChI=1S/C19H22N4S/c1-2-17-21-18(16-10-12-24-19(16)22-17)23-11-6-9-15(13-23)20-14-7-4-3-5-8-14/h3-5,7-8,10,12,15,20H,2,6,9,11,13H2,1H3. The average Bonchev–Trinajstić information content (AvgIpc) is 3.10. The van der Waals surface area contributed by atoms with E-state index in [0.717, 1.165) is 36.0 Å². The highest BCUT2D eigenvalue weighted by atomic mass is 32.1. The summed E-state index contributed by atoms with van der Waals surface area (Å²) in [5, 5.41) is 6.98. The molecule has 1 unspecified atom stereocenters. The highest BCUT2D eigenvalue weighted by molar-refractivity contribution is 7.16. The zero-order valence-electron chi connectivity index (χ0n) is 13.9. The van der Waals surface area contributed by atoms with Crippen molar-refractivity contribution in [2.45, 2.75) is 32.2 Å². The first-order valence-electron chi connectivity index (χ1n) is 8.64. The highest BCUT2D eigenvalue weighted by Crippen LogP contribution is 2.30. The van der Waals surface area contributed by atoms with E-state index < -0.39 is 0 Å². The Morgan fingerprint density at radius 1 is 1.21 bits per heavy atom. The van der Waals surface area contributed by atoms with Crippen molar-refractivity contribution in [3.05, 3.63) is 47.6 Å². The number of piperidine rings is 1. The van der Waals surface area contributed by atoms with Gasteiger partial charge < -0.3 is 10.2 Å². The third-order valence-corrected chi connectivity index (χ3v) is 5.34. The summed E-state index contributed by atoms with van der Waals surface area (Å²) in [6.45, 7) is 4.17. The van der Waals surface area contributed by atoms with E-state index in [2.05, 4.69) is 63.9 Å². The Morgan fingerprint density at radius 2 is 2.08 bits per heavy atom. The van der Waals surface area contributed by atoms with E-state index in [0.29, 0.717) is 6.04 Å². The van der Waals surface area contributed by atoms with E-state index in [9.17, 15) is 0 Å². The fraction of sp³-hybridized carbons (Fsp3) is 0.368. The second-order valence-electron chi connectivity index (χ2n) is 6.25. The molecule has 1 saturated heterocycles. The summed E-state index contributed by atoms with van der Waals surface area (Å²) in [5.41, 5.74) is 1.20. The minimum atomic E-state index is 0.454. The highest BCUT2D eigenvalue weighted by Gasteiger charge is 2.23. The van der Waals surface area contributed by atoms with Crippen molar-refractivity contribution in [3.63, 3.8) is 0 Å². The van der Waals surface area contributed by atoms with Crippen LogP contribution in [0.2, 0.25) is 0 Å². The zero-order valence-corrected chi connectivity index (χ0v) is 14.7. The summed E-state index contributed by atoms with van der Waals surface area (Å²) in [6, 6.07) is 13.1.